The van der Waals surface area contributed by atoms with Crippen LogP contribution in [0.15, 0.2) is 6.07 Å². The number of thioether (sulfide) groups is 1. The van der Waals surface area contributed by atoms with Gasteiger partial charge in [-0.05, 0) is 38.3 Å². The molecule has 0 amide bonds. The van der Waals surface area contributed by atoms with Crippen molar-refractivity contribution in [3.05, 3.63) is 17.5 Å². The second-order valence-electron chi connectivity index (χ2n) is 6.20. The largest absolute Gasteiger partial charge is 0.313 e. The molecule has 0 saturated heterocycles. The van der Waals surface area contributed by atoms with Crippen molar-refractivity contribution in [2.24, 2.45) is 7.05 Å². The summed E-state index contributed by atoms with van der Waals surface area (Å²) < 4.78 is 2.07. The summed E-state index contributed by atoms with van der Waals surface area (Å²) in [5.74, 6) is 1.23. The first-order chi connectivity index (χ1) is 10.2. The molecule has 1 atom stereocenters. The standard InChI is InChI=1S/C17H31N3S/c1-4-10-18-15(13-21-17-8-6-7-9-17)12-16-11-14(5-2)19-20(16)3/h11,15,17-18H,4-10,12-13H2,1-3H3. The van der Waals surface area contributed by atoms with Crippen molar-refractivity contribution in [3.63, 3.8) is 0 Å². The Kier molecular flexibility index (Phi) is 7.11. The highest BCUT2D eigenvalue weighted by atomic mass is 32.2. The maximum atomic E-state index is 4.58. The van der Waals surface area contributed by atoms with Gasteiger partial charge in [0.25, 0.3) is 0 Å². The number of nitrogens with one attached hydrogen (secondary N) is 1. The fourth-order valence-electron chi connectivity index (χ4n) is 3.03. The molecule has 1 N–H and O–H groups in total. The molecule has 1 heterocycles. The first kappa shape index (κ1) is 16.9. The lowest BCUT2D eigenvalue weighted by Gasteiger charge is -2.20. The van der Waals surface area contributed by atoms with Crippen molar-refractivity contribution in [2.45, 2.75) is 70.1 Å². The summed E-state index contributed by atoms with van der Waals surface area (Å²) >= 11 is 2.19. The Bertz CT molecular complexity index is 410. The van der Waals surface area contributed by atoms with E-state index in [1.807, 2.05) is 0 Å². The lowest BCUT2D eigenvalue weighted by Crippen LogP contribution is -2.35. The first-order valence-electron chi connectivity index (χ1n) is 8.59. The van der Waals surface area contributed by atoms with Gasteiger partial charge in [0.15, 0.2) is 0 Å². The molecule has 1 aromatic heterocycles. The molecule has 1 aromatic rings. The monoisotopic (exact) mass is 309 g/mol. The topological polar surface area (TPSA) is 29.9 Å². The smallest absolute Gasteiger partial charge is 0.0624 e. The zero-order chi connectivity index (χ0) is 15.1. The van der Waals surface area contributed by atoms with E-state index in [0.29, 0.717) is 6.04 Å². The highest BCUT2D eigenvalue weighted by molar-refractivity contribution is 7.99. The van der Waals surface area contributed by atoms with Crippen molar-refractivity contribution in [1.82, 2.24) is 15.1 Å². The van der Waals surface area contributed by atoms with E-state index >= 15 is 0 Å². The number of aromatic nitrogens is 2. The van der Waals surface area contributed by atoms with Gasteiger partial charge in [-0.15, -0.1) is 0 Å². The zero-order valence-electron chi connectivity index (χ0n) is 13.9. The minimum atomic E-state index is 0.579. The van der Waals surface area contributed by atoms with Gasteiger partial charge < -0.3 is 5.32 Å². The Balaban J connectivity index is 1.89. The molecule has 1 saturated carbocycles. The van der Waals surface area contributed by atoms with Crippen LogP contribution in [0, 0.1) is 0 Å². The van der Waals surface area contributed by atoms with Crippen molar-refractivity contribution < 1.29 is 0 Å². The minimum absolute atomic E-state index is 0.579. The third-order valence-electron chi connectivity index (χ3n) is 4.36. The van der Waals surface area contributed by atoms with Gasteiger partial charge in [-0.3, -0.25) is 4.68 Å². The average Bonchev–Trinajstić information content (AvgIpc) is 3.12. The Morgan fingerprint density at radius 1 is 1.38 bits per heavy atom. The molecule has 2 rings (SSSR count). The van der Waals surface area contributed by atoms with Crippen LogP contribution in [0.25, 0.3) is 0 Å². The number of rotatable bonds is 9. The Morgan fingerprint density at radius 2 is 2.14 bits per heavy atom. The SMILES string of the molecule is CCCNC(CSC1CCCC1)Cc1cc(CC)nn1C. The molecule has 1 aliphatic rings. The van der Waals surface area contributed by atoms with Gasteiger partial charge in [0.05, 0.1) is 5.69 Å². The highest BCUT2D eigenvalue weighted by Gasteiger charge is 2.19. The summed E-state index contributed by atoms with van der Waals surface area (Å²) in [6, 6.07) is 2.86. The second kappa shape index (κ2) is 8.84. The quantitative estimate of drug-likeness (QED) is 0.756. The second-order valence-corrected chi connectivity index (χ2v) is 7.53. The van der Waals surface area contributed by atoms with E-state index in [-0.39, 0.29) is 0 Å². The van der Waals surface area contributed by atoms with Crippen molar-refractivity contribution >= 4 is 11.8 Å². The van der Waals surface area contributed by atoms with Crippen molar-refractivity contribution in [1.29, 1.82) is 0 Å². The van der Waals surface area contributed by atoms with Gasteiger partial charge in [-0.1, -0.05) is 26.7 Å². The van der Waals surface area contributed by atoms with Gasteiger partial charge in [0.1, 0.15) is 0 Å². The fourth-order valence-corrected chi connectivity index (χ4v) is 4.44. The van der Waals surface area contributed by atoms with Crippen LogP contribution >= 0.6 is 11.8 Å². The molecule has 21 heavy (non-hydrogen) atoms. The molecule has 1 unspecified atom stereocenters. The summed E-state index contributed by atoms with van der Waals surface area (Å²) in [7, 11) is 2.08. The maximum absolute atomic E-state index is 4.58. The number of aryl methyl sites for hydroxylation is 2. The molecule has 0 aliphatic heterocycles. The van der Waals surface area contributed by atoms with Gasteiger partial charge in [0.2, 0.25) is 0 Å². The van der Waals surface area contributed by atoms with Crippen LogP contribution in [-0.2, 0) is 19.9 Å². The van der Waals surface area contributed by atoms with E-state index in [0.717, 1.165) is 24.6 Å². The zero-order valence-corrected chi connectivity index (χ0v) is 14.7. The Morgan fingerprint density at radius 3 is 2.76 bits per heavy atom. The lowest BCUT2D eigenvalue weighted by atomic mass is 10.1. The first-order valence-corrected chi connectivity index (χ1v) is 9.64. The average molecular weight is 310 g/mol. The van der Waals surface area contributed by atoms with E-state index in [1.54, 1.807) is 0 Å². The van der Waals surface area contributed by atoms with Crippen LogP contribution in [0.4, 0.5) is 0 Å². The molecular weight excluding hydrogens is 278 g/mol. The molecule has 0 bridgehead atoms. The summed E-state index contributed by atoms with van der Waals surface area (Å²) in [4.78, 5) is 0. The number of hydrogen-bond donors (Lipinski definition) is 1. The molecule has 0 aromatic carbocycles. The van der Waals surface area contributed by atoms with E-state index in [4.69, 9.17) is 0 Å². The normalized spacial score (nSPS) is 17.5. The Labute approximate surface area is 134 Å². The van der Waals surface area contributed by atoms with Crippen molar-refractivity contribution in [2.75, 3.05) is 12.3 Å². The molecule has 120 valence electrons. The van der Waals surface area contributed by atoms with E-state index in [1.165, 1.54) is 49.2 Å². The van der Waals surface area contributed by atoms with Crippen LogP contribution in [0.2, 0.25) is 0 Å². The predicted molar refractivity (Wildman–Crippen MR) is 93.1 cm³/mol. The molecule has 1 aliphatic carbocycles. The van der Waals surface area contributed by atoms with Crippen LogP contribution in [-0.4, -0.2) is 33.4 Å². The van der Waals surface area contributed by atoms with E-state index < -0.39 is 0 Å². The summed E-state index contributed by atoms with van der Waals surface area (Å²) in [5.41, 5.74) is 2.58. The Hall–Kier alpha value is -0.480. The van der Waals surface area contributed by atoms with Gasteiger partial charge in [-0.25, -0.2) is 0 Å². The maximum Gasteiger partial charge on any atom is 0.0624 e. The van der Waals surface area contributed by atoms with Crippen LogP contribution in [0.1, 0.15) is 57.3 Å². The summed E-state index contributed by atoms with van der Waals surface area (Å²) in [6.45, 7) is 5.54. The molecule has 4 heteroatoms. The predicted octanol–water partition coefficient (Wildman–Crippen LogP) is 3.57. The van der Waals surface area contributed by atoms with E-state index in [2.05, 4.69) is 53.8 Å². The van der Waals surface area contributed by atoms with Crippen LogP contribution in [0.5, 0.6) is 0 Å². The molecule has 3 nitrogen and oxygen atoms in total. The molecule has 0 spiro atoms. The van der Waals surface area contributed by atoms with Crippen LogP contribution < -0.4 is 5.32 Å². The van der Waals surface area contributed by atoms with Crippen LogP contribution in [0.3, 0.4) is 0 Å². The third kappa shape index (κ3) is 5.33. The summed E-state index contributed by atoms with van der Waals surface area (Å²) in [5, 5.41) is 9.23. The fraction of sp³-hybridized carbons (Fsp3) is 0.824. The van der Waals surface area contributed by atoms with Gasteiger partial charge in [0, 0.05) is 36.2 Å². The number of hydrogen-bond acceptors (Lipinski definition) is 3. The third-order valence-corrected chi connectivity index (χ3v) is 5.90. The van der Waals surface area contributed by atoms with E-state index in [9.17, 15) is 0 Å². The molecular formula is C17H31N3S. The number of nitrogens with zero attached hydrogens (tertiary/aromatic N) is 2. The molecule has 1 fully saturated rings. The minimum Gasteiger partial charge on any atom is -0.313 e. The lowest BCUT2D eigenvalue weighted by molar-refractivity contribution is 0.531. The van der Waals surface area contributed by atoms with Crippen molar-refractivity contribution in [3.8, 4) is 0 Å². The van der Waals surface area contributed by atoms with Gasteiger partial charge >= 0.3 is 0 Å². The summed E-state index contributed by atoms with van der Waals surface area (Å²) in [6.07, 6.45) is 9.06. The highest BCUT2D eigenvalue weighted by Crippen LogP contribution is 2.30. The van der Waals surface area contributed by atoms with Gasteiger partial charge in [-0.2, -0.15) is 16.9 Å². The molecule has 0 radical (unpaired) electrons.